The molecule has 0 heterocycles. The molecule has 14 heteroatoms. The van der Waals surface area contributed by atoms with E-state index in [0.717, 1.165) is 0 Å². The average Bonchev–Trinajstić information content (AvgIpc) is 2.72. The Morgan fingerprint density at radius 1 is 0.735 bits per heavy atom. The van der Waals surface area contributed by atoms with Crippen LogP contribution in [-0.4, -0.2) is 34.0 Å². The lowest BCUT2D eigenvalue weighted by Gasteiger charge is -2.37. The van der Waals surface area contributed by atoms with Crippen molar-refractivity contribution in [3.05, 3.63) is 58.6 Å². The largest absolute Gasteiger partial charge is 0.460 e. The molecular formula is C20H15Cl2F9IOP. The molecule has 0 saturated carbocycles. The molecule has 0 aliphatic heterocycles. The molecular weight excluding hydrogens is 656 g/mol. The first-order valence-electron chi connectivity index (χ1n) is 9.30. The minimum absolute atomic E-state index is 0.0368. The Hall–Kier alpha value is -0.650. The van der Waals surface area contributed by atoms with Crippen molar-refractivity contribution in [2.45, 2.75) is 42.4 Å². The van der Waals surface area contributed by atoms with Crippen LogP contribution < -0.4 is 10.6 Å². The Morgan fingerprint density at radius 2 is 1.12 bits per heavy atom. The molecule has 0 saturated heterocycles. The molecule has 34 heavy (non-hydrogen) atoms. The molecule has 0 bridgehead atoms. The summed E-state index contributed by atoms with van der Waals surface area (Å²) in [6.07, 6.45) is -9.59. The van der Waals surface area contributed by atoms with E-state index in [1.165, 1.54) is 48.5 Å². The van der Waals surface area contributed by atoms with Gasteiger partial charge in [-0.25, -0.2) is 0 Å². The maximum absolute atomic E-state index is 14.6. The van der Waals surface area contributed by atoms with E-state index in [1.54, 1.807) is 22.6 Å². The molecule has 0 aliphatic carbocycles. The predicted octanol–water partition coefficient (Wildman–Crippen LogP) is 8.36. The summed E-state index contributed by atoms with van der Waals surface area (Å²) in [7, 11) is -4.31. The third-order valence-corrected chi connectivity index (χ3v) is 9.81. The van der Waals surface area contributed by atoms with Crippen molar-refractivity contribution in [3.63, 3.8) is 0 Å². The molecule has 2 rings (SSSR count). The molecule has 0 N–H and O–H groups in total. The molecule has 0 aliphatic rings. The topological polar surface area (TPSA) is 17.1 Å². The van der Waals surface area contributed by atoms with Gasteiger partial charge in [-0.1, -0.05) is 45.8 Å². The van der Waals surface area contributed by atoms with Gasteiger partial charge >= 0.3 is 23.9 Å². The normalized spacial score (nSPS) is 14.8. The second kappa shape index (κ2) is 10.4. The van der Waals surface area contributed by atoms with Crippen LogP contribution in [0.2, 0.25) is 10.0 Å². The van der Waals surface area contributed by atoms with Crippen LogP contribution in [0.15, 0.2) is 48.5 Å². The zero-order valence-corrected chi connectivity index (χ0v) is 21.3. The Kier molecular flexibility index (Phi) is 9.03. The highest BCUT2D eigenvalue weighted by Crippen LogP contribution is 2.59. The van der Waals surface area contributed by atoms with Gasteiger partial charge in [0, 0.05) is 37.2 Å². The van der Waals surface area contributed by atoms with E-state index in [4.69, 9.17) is 23.2 Å². The maximum atomic E-state index is 14.6. The van der Waals surface area contributed by atoms with Crippen molar-refractivity contribution in [1.29, 1.82) is 0 Å². The molecule has 0 aromatic heterocycles. The number of hydrogen-bond donors (Lipinski definition) is 0. The fraction of sp³-hybridized carbons (Fsp3) is 0.400. The van der Waals surface area contributed by atoms with E-state index in [-0.39, 0.29) is 25.1 Å². The summed E-state index contributed by atoms with van der Waals surface area (Å²) in [5.74, 6) is -19.7. The van der Waals surface area contributed by atoms with Gasteiger partial charge in [0.05, 0.1) is 0 Å². The molecule has 2 aromatic rings. The Bertz CT molecular complexity index is 978. The van der Waals surface area contributed by atoms with Gasteiger partial charge in [-0.15, -0.1) is 0 Å². The lowest BCUT2D eigenvalue weighted by Crippen LogP contribution is -2.61. The van der Waals surface area contributed by atoms with Gasteiger partial charge in [-0.2, -0.15) is 39.5 Å². The average molecular weight is 671 g/mol. The second-order valence-electron chi connectivity index (χ2n) is 7.30. The second-order valence-corrected chi connectivity index (χ2v) is 12.3. The first-order valence-corrected chi connectivity index (χ1v) is 13.4. The summed E-state index contributed by atoms with van der Waals surface area (Å²) in [6, 6.07) is 9.79. The summed E-state index contributed by atoms with van der Waals surface area (Å²) in [5, 5.41) is 0.101. The first-order chi connectivity index (χ1) is 15.4. The smallest absolute Gasteiger partial charge is 0.313 e. The molecule has 0 amide bonds. The Morgan fingerprint density at radius 3 is 1.44 bits per heavy atom. The van der Waals surface area contributed by atoms with Gasteiger partial charge in [-0.3, -0.25) is 0 Å². The summed E-state index contributed by atoms with van der Waals surface area (Å²) < 4.78 is 136. The van der Waals surface area contributed by atoms with Gasteiger partial charge in [0.2, 0.25) is 0 Å². The highest BCUT2D eigenvalue weighted by Gasteiger charge is 2.81. The molecule has 0 spiro atoms. The third kappa shape index (κ3) is 5.52. The van der Waals surface area contributed by atoms with Gasteiger partial charge in [-0.05, 0) is 55.0 Å². The van der Waals surface area contributed by atoms with Gasteiger partial charge in [0.15, 0.2) is 0 Å². The van der Waals surface area contributed by atoms with E-state index in [2.05, 4.69) is 0 Å². The van der Waals surface area contributed by atoms with E-state index < -0.39 is 49.6 Å². The van der Waals surface area contributed by atoms with Gasteiger partial charge in [0.1, 0.15) is 7.14 Å². The summed E-state index contributed by atoms with van der Waals surface area (Å²) in [6.45, 7) is 0. The fourth-order valence-electron chi connectivity index (χ4n) is 3.27. The molecule has 1 nitrogen and oxygen atoms in total. The standard InChI is InChI=1S/C20H15Cl2F9IOP/c21-12-1-5-14(6-2-12)34(33,15-7-3-13(22)4-8-15)16(9-10-32)11-17(23,24)18(25,26)19(27,28)20(29,30)31/h1-8,16H,9-11H2. The third-order valence-electron chi connectivity index (χ3n) is 5.08. The summed E-state index contributed by atoms with van der Waals surface area (Å²) >= 11 is 13.3. The van der Waals surface area contributed by atoms with Crippen molar-refractivity contribution < 1.29 is 44.1 Å². The van der Waals surface area contributed by atoms with Crippen molar-refractivity contribution >= 4 is 63.5 Å². The molecule has 1 unspecified atom stereocenters. The van der Waals surface area contributed by atoms with Crippen molar-refractivity contribution in [2.75, 3.05) is 4.43 Å². The van der Waals surface area contributed by atoms with Crippen molar-refractivity contribution in [3.8, 4) is 0 Å². The highest BCUT2D eigenvalue weighted by atomic mass is 127. The molecule has 0 radical (unpaired) electrons. The van der Waals surface area contributed by atoms with E-state index in [9.17, 15) is 44.1 Å². The fourth-order valence-corrected chi connectivity index (χ4v) is 8.07. The minimum Gasteiger partial charge on any atom is -0.313 e. The predicted molar refractivity (Wildman–Crippen MR) is 123 cm³/mol. The van der Waals surface area contributed by atoms with Crippen LogP contribution in [0.1, 0.15) is 12.8 Å². The number of hydrogen-bond acceptors (Lipinski definition) is 1. The molecule has 2 aromatic carbocycles. The Labute approximate surface area is 212 Å². The first kappa shape index (κ1) is 29.6. The number of alkyl halides is 10. The SMILES string of the molecule is O=P(c1ccc(Cl)cc1)(c1ccc(Cl)cc1)C(CCI)CC(F)(F)C(F)(F)C(F)(F)C(F)(F)F. The monoisotopic (exact) mass is 670 g/mol. The quantitative estimate of drug-likeness (QED) is 0.113. The number of halogens is 12. The van der Waals surface area contributed by atoms with Crippen molar-refractivity contribution in [1.82, 2.24) is 0 Å². The summed E-state index contributed by atoms with van der Waals surface area (Å²) in [4.78, 5) is 0. The Balaban J connectivity index is 2.68. The highest BCUT2D eigenvalue weighted by molar-refractivity contribution is 14.1. The van der Waals surface area contributed by atoms with Crippen LogP contribution in [-0.2, 0) is 4.57 Å². The zero-order chi connectivity index (χ0) is 26.2. The van der Waals surface area contributed by atoms with E-state index in [0.29, 0.717) is 0 Å². The van der Waals surface area contributed by atoms with Crippen LogP contribution in [0, 0.1) is 0 Å². The molecule has 1 atom stereocenters. The number of rotatable bonds is 9. The van der Waals surface area contributed by atoms with E-state index in [1.807, 2.05) is 0 Å². The lowest BCUT2D eigenvalue weighted by molar-refractivity contribution is -0.396. The van der Waals surface area contributed by atoms with Crippen LogP contribution in [0.4, 0.5) is 39.5 Å². The number of benzene rings is 2. The van der Waals surface area contributed by atoms with Crippen LogP contribution in [0.5, 0.6) is 0 Å². The summed E-state index contributed by atoms with van der Waals surface area (Å²) in [5.41, 5.74) is -1.92. The molecule has 0 fully saturated rings. The maximum Gasteiger partial charge on any atom is 0.460 e. The minimum atomic E-state index is -7.02. The van der Waals surface area contributed by atoms with Gasteiger partial charge in [0.25, 0.3) is 0 Å². The van der Waals surface area contributed by atoms with Crippen molar-refractivity contribution in [2.24, 2.45) is 0 Å². The van der Waals surface area contributed by atoms with Crippen LogP contribution in [0.25, 0.3) is 0 Å². The molecule has 190 valence electrons. The van der Waals surface area contributed by atoms with Crippen LogP contribution in [0.3, 0.4) is 0 Å². The van der Waals surface area contributed by atoms with E-state index >= 15 is 0 Å². The van der Waals surface area contributed by atoms with Crippen LogP contribution >= 0.6 is 52.9 Å². The lowest BCUT2D eigenvalue weighted by atomic mass is 9.99. The zero-order valence-electron chi connectivity index (χ0n) is 16.7. The van der Waals surface area contributed by atoms with Gasteiger partial charge < -0.3 is 4.57 Å².